The Labute approximate surface area is 119 Å². The number of thiophene rings is 1. The largest absolute Gasteiger partial charge is 0.312 e. The number of nitrogens with one attached hydrogen (secondary N) is 1. The van der Waals surface area contributed by atoms with Gasteiger partial charge in [-0.2, -0.15) is 0 Å². The second kappa shape index (κ2) is 4.60. The highest BCUT2D eigenvalue weighted by atomic mass is 32.1. The van der Waals surface area contributed by atoms with Crippen LogP contribution in [0.4, 0.5) is 0 Å². The van der Waals surface area contributed by atoms with E-state index >= 15 is 0 Å². The average Bonchev–Trinajstić information content (AvgIpc) is 3.04. The molecule has 0 spiro atoms. The third-order valence-electron chi connectivity index (χ3n) is 4.54. The molecule has 0 bridgehead atoms. The number of rotatable bonds is 4. The SMILES string of the molecule is CCNCc1sc2cc3c(cc2c1C1CC1)CCC3. The molecule has 0 saturated heterocycles. The van der Waals surface area contributed by atoms with Crippen LogP contribution in [0.1, 0.15) is 53.7 Å². The molecule has 2 aliphatic rings. The van der Waals surface area contributed by atoms with Crippen LogP contribution in [-0.2, 0) is 19.4 Å². The van der Waals surface area contributed by atoms with Crippen molar-refractivity contribution in [3.05, 3.63) is 33.7 Å². The van der Waals surface area contributed by atoms with Crippen LogP contribution in [0.25, 0.3) is 10.1 Å². The molecule has 1 N–H and O–H groups in total. The molecule has 2 aromatic rings. The van der Waals surface area contributed by atoms with Crippen LogP contribution in [0.2, 0.25) is 0 Å². The number of aryl methyl sites for hydroxylation is 2. The normalized spacial score (nSPS) is 18.2. The summed E-state index contributed by atoms with van der Waals surface area (Å²) < 4.78 is 1.54. The average molecular weight is 271 g/mol. The summed E-state index contributed by atoms with van der Waals surface area (Å²) >= 11 is 2.04. The van der Waals surface area contributed by atoms with Gasteiger partial charge in [0.15, 0.2) is 0 Å². The maximum atomic E-state index is 3.52. The molecule has 1 saturated carbocycles. The van der Waals surface area contributed by atoms with Crippen LogP contribution in [0, 0.1) is 0 Å². The Kier molecular flexibility index (Phi) is 2.89. The van der Waals surface area contributed by atoms with Crippen molar-refractivity contribution in [1.29, 1.82) is 0 Å². The molecule has 1 aromatic heterocycles. The molecule has 0 aliphatic heterocycles. The molecule has 0 atom stereocenters. The fraction of sp³-hybridized carbons (Fsp3) is 0.529. The van der Waals surface area contributed by atoms with Crippen LogP contribution < -0.4 is 5.32 Å². The lowest BCUT2D eigenvalue weighted by Crippen LogP contribution is -2.11. The van der Waals surface area contributed by atoms with E-state index in [1.165, 1.54) is 36.8 Å². The molecule has 4 rings (SSSR count). The lowest BCUT2D eigenvalue weighted by atomic mass is 10.0. The summed E-state index contributed by atoms with van der Waals surface area (Å²) in [7, 11) is 0. The lowest BCUT2D eigenvalue weighted by Gasteiger charge is -2.04. The number of hydrogen-bond acceptors (Lipinski definition) is 2. The van der Waals surface area contributed by atoms with E-state index in [-0.39, 0.29) is 0 Å². The van der Waals surface area contributed by atoms with Gasteiger partial charge in [-0.15, -0.1) is 11.3 Å². The first-order chi connectivity index (χ1) is 9.36. The van der Waals surface area contributed by atoms with E-state index in [4.69, 9.17) is 0 Å². The predicted molar refractivity (Wildman–Crippen MR) is 83.2 cm³/mol. The highest BCUT2D eigenvalue weighted by molar-refractivity contribution is 7.19. The van der Waals surface area contributed by atoms with Crippen molar-refractivity contribution in [2.45, 2.75) is 51.5 Å². The van der Waals surface area contributed by atoms with Gasteiger partial charge in [0.2, 0.25) is 0 Å². The molecule has 1 fully saturated rings. The summed E-state index contributed by atoms with van der Waals surface area (Å²) in [5.41, 5.74) is 4.93. The first kappa shape index (κ1) is 11.9. The predicted octanol–water partition coefficient (Wildman–Crippen LogP) is 4.38. The van der Waals surface area contributed by atoms with Gasteiger partial charge in [0.1, 0.15) is 0 Å². The monoisotopic (exact) mass is 271 g/mol. The molecule has 19 heavy (non-hydrogen) atoms. The summed E-state index contributed by atoms with van der Waals surface area (Å²) in [5, 5.41) is 5.10. The van der Waals surface area contributed by atoms with E-state index in [9.17, 15) is 0 Å². The summed E-state index contributed by atoms with van der Waals surface area (Å²) in [6, 6.07) is 5.01. The maximum absolute atomic E-state index is 3.52. The Morgan fingerprint density at radius 2 is 2.00 bits per heavy atom. The fourth-order valence-corrected chi connectivity index (χ4v) is 4.73. The Balaban J connectivity index is 1.85. The summed E-state index contributed by atoms with van der Waals surface area (Å²) in [5.74, 6) is 0.863. The molecule has 1 heterocycles. The number of fused-ring (bicyclic) bond motifs is 2. The van der Waals surface area contributed by atoms with E-state index in [0.717, 1.165) is 19.0 Å². The minimum Gasteiger partial charge on any atom is -0.312 e. The van der Waals surface area contributed by atoms with Gasteiger partial charge in [0.05, 0.1) is 0 Å². The molecule has 1 nitrogen and oxygen atoms in total. The zero-order valence-corrected chi connectivity index (χ0v) is 12.4. The van der Waals surface area contributed by atoms with E-state index in [1.807, 2.05) is 11.3 Å². The highest BCUT2D eigenvalue weighted by Gasteiger charge is 2.30. The lowest BCUT2D eigenvalue weighted by molar-refractivity contribution is 0.730. The van der Waals surface area contributed by atoms with E-state index in [0.29, 0.717) is 0 Å². The Hall–Kier alpha value is -0.860. The van der Waals surface area contributed by atoms with Crippen LogP contribution >= 0.6 is 11.3 Å². The van der Waals surface area contributed by atoms with Gasteiger partial charge in [0, 0.05) is 16.1 Å². The molecule has 2 aliphatic carbocycles. The van der Waals surface area contributed by atoms with Crippen molar-refractivity contribution in [1.82, 2.24) is 5.32 Å². The first-order valence-electron chi connectivity index (χ1n) is 7.64. The molecular formula is C17H21NS. The Bertz CT molecular complexity index is 622. The zero-order valence-electron chi connectivity index (χ0n) is 11.6. The van der Waals surface area contributed by atoms with Crippen molar-refractivity contribution >= 4 is 21.4 Å². The van der Waals surface area contributed by atoms with Crippen LogP contribution in [0.3, 0.4) is 0 Å². The standard InChI is InChI=1S/C17H21NS/c1-2-18-10-16-17(11-6-7-11)14-8-12-4-3-5-13(12)9-15(14)19-16/h8-9,11,18H,2-7,10H2,1H3. The second-order valence-corrected chi connectivity index (χ2v) is 7.10. The third-order valence-corrected chi connectivity index (χ3v) is 5.71. The van der Waals surface area contributed by atoms with Crippen molar-refractivity contribution < 1.29 is 0 Å². The Morgan fingerprint density at radius 1 is 1.21 bits per heavy atom. The van der Waals surface area contributed by atoms with Crippen molar-refractivity contribution in [2.24, 2.45) is 0 Å². The van der Waals surface area contributed by atoms with Gasteiger partial charge in [-0.25, -0.2) is 0 Å². The quantitative estimate of drug-likeness (QED) is 0.870. The molecule has 0 amide bonds. The van der Waals surface area contributed by atoms with Crippen LogP contribution in [-0.4, -0.2) is 6.54 Å². The van der Waals surface area contributed by atoms with E-state index in [1.54, 1.807) is 27.0 Å². The smallest absolute Gasteiger partial charge is 0.0352 e. The van der Waals surface area contributed by atoms with Gasteiger partial charge in [-0.3, -0.25) is 0 Å². The van der Waals surface area contributed by atoms with E-state index < -0.39 is 0 Å². The fourth-order valence-electron chi connectivity index (χ4n) is 3.42. The number of hydrogen-bond donors (Lipinski definition) is 1. The molecule has 0 unspecified atom stereocenters. The first-order valence-corrected chi connectivity index (χ1v) is 8.46. The van der Waals surface area contributed by atoms with Gasteiger partial charge in [0.25, 0.3) is 0 Å². The van der Waals surface area contributed by atoms with Gasteiger partial charge in [-0.1, -0.05) is 6.92 Å². The van der Waals surface area contributed by atoms with Crippen molar-refractivity contribution in [3.8, 4) is 0 Å². The topological polar surface area (TPSA) is 12.0 Å². The van der Waals surface area contributed by atoms with Crippen LogP contribution in [0.5, 0.6) is 0 Å². The Morgan fingerprint density at radius 3 is 2.74 bits per heavy atom. The van der Waals surface area contributed by atoms with Crippen LogP contribution in [0.15, 0.2) is 12.1 Å². The zero-order chi connectivity index (χ0) is 12.8. The summed E-state index contributed by atoms with van der Waals surface area (Å²) in [6.45, 7) is 4.32. The number of benzene rings is 1. The summed E-state index contributed by atoms with van der Waals surface area (Å²) in [4.78, 5) is 1.60. The van der Waals surface area contributed by atoms with Crippen molar-refractivity contribution in [2.75, 3.05) is 6.54 Å². The molecule has 1 aromatic carbocycles. The van der Waals surface area contributed by atoms with Gasteiger partial charge >= 0.3 is 0 Å². The third kappa shape index (κ3) is 2.02. The molecular weight excluding hydrogens is 250 g/mol. The minimum atomic E-state index is 0.863. The minimum absolute atomic E-state index is 0.863. The molecule has 0 radical (unpaired) electrons. The van der Waals surface area contributed by atoms with Crippen molar-refractivity contribution in [3.63, 3.8) is 0 Å². The summed E-state index contributed by atoms with van der Waals surface area (Å²) in [6.07, 6.45) is 6.76. The molecule has 100 valence electrons. The van der Waals surface area contributed by atoms with E-state index in [2.05, 4.69) is 24.4 Å². The van der Waals surface area contributed by atoms with Gasteiger partial charge in [-0.05, 0) is 78.8 Å². The maximum Gasteiger partial charge on any atom is 0.0352 e. The second-order valence-electron chi connectivity index (χ2n) is 5.96. The highest BCUT2D eigenvalue weighted by Crippen LogP contribution is 2.48. The molecule has 2 heteroatoms. The van der Waals surface area contributed by atoms with Gasteiger partial charge < -0.3 is 5.32 Å².